The highest BCUT2D eigenvalue weighted by Crippen LogP contribution is 2.17. The molecule has 0 aromatic heterocycles. The molecule has 0 aliphatic rings. The Morgan fingerprint density at radius 3 is 2.85 bits per heavy atom. The Kier molecular flexibility index (Phi) is 3.86. The summed E-state index contributed by atoms with van der Waals surface area (Å²) in [6.07, 6.45) is 0.996. The van der Waals surface area contributed by atoms with E-state index in [2.05, 4.69) is 18.3 Å². The van der Waals surface area contributed by atoms with Crippen LogP contribution in [0.25, 0.3) is 0 Å². The Bertz CT molecular complexity index is 297. The number of rotatable bonds is 4. The maximum absolute atomic E-state index is 5.54. The van der Waals surface area contributed by atoms with E-state index >= 15 is 0 Å². The highest BCUT2D eigenvalue weighted by Gasteiger charge is 1.99. The van der Waals surface area contributed by atoms with Crippen molar-refractivity contribution in [3.8, 4) is 0 Å². The van der Waals surface area contributed by atoms with E-state index in [0.29, 0.717) is 6.54 Å². The van der Waals surface area contributed by atoms with Crippen molar-refractivity contribution in [2.24, 2.45) is 5.73 Å². The first-order valence-electron chi connectivity index (χ1n) is 4.33. The molecule has 0 saturated carbocycles. The van der Waals surface area contributed by atoms with E-state index in [4.69, 9.17) is 18.0 Å². The summed E-state index contributed by atoms with van der Waals surface area (Å²) in [5, 5.41) is 3.04. The van der Waals surface area contributed by atoms with Crippen molar-refractivity contribution in [1.29, 1.82) is 0 Å². The largest absolute Gasteiger partial charge is 0.352 e. The van der Waals surface area contributed by atoms with E-state index in [9.17, 15) is 0 Å². The maximum Gasteiger partial charge on any atom is 0.0659 e. The lowest BCUT2D eigenvalue weighted by atomic mass is 10.1. The monoisotopic (exact) mass is 194 g/mol. The number of thiocarbonyl (C=S) groups is 1. The third-order valence-electron chi connectivity index (χ3n) is 2.01. The smallest absolute Gasteiger partial charge is 0.0659 e. The molecule has 13 heavy (non-hydrogen) atoms. The average Bonchev–Trinajstić information content (AvgIpc) is 2.18. The van der Waals surface area contributed by atoms with Gasteiger partial charge in [0.15, 0.2) is 0 Å². The molecule has 3 N–H and O–H groups in total. The minimum atomic E-state index is 0.566. The fourth-order valence-corrected chi connectivity index (χ4v) is 1.38. The van der Waals surface area contributed by atoms with Gasteiger partial charge in [-0.2, -0.15) is 0 Å². The quantitative estimate of drug-likeness (QED) is 0.721. The summed E-state index contributed by atoms with van der Waals surface area (Å²) in [6, 6.07) is 6.18. The van der Waals surface area contributed by atoms with E-state index in [-0.39, 0.29) is 0 Å². The Morgan fingerprint density at radius 2 is 2.31 bits per heavy atom. The number of nitrogens with two attached hydrogens (primary N) is 1. The van der Waals surface area contributed by atoms with Gasteiger partial charge in [-0.15, -0.1) is 0 Å². The summed E-state index contributed by atoms with van der Waals surface area (Å²) < 4.78 is 0. The Balaban J connectivity index is 3.01. The third-order valence-corrected chi connectivity index (χ3v) is 2.12. The molecular weight excluding hydrogens is 180 g/mol. The molecule has 0 saturated heterocycles. The van der Waals surface area contributed by atoms with Crippen LogP contribution in [0, 0.1) is 0 Å². The van der Waals surface area contributed by atoms with Gasteiger partial charge in [0.25, 0.3) is 0 Å². The van der Waals surface area contributed by atoms with Crippen LogP contribution in [0.3, 0.4) is 0 Å². The Hall–Kier alpha value is -0.930. The van der Waals surface area contributed by atoms with Crippen molar-refractivity contribution in [3.05, 3.63) is 29.3 Å². The first-order valence-corrected chi connectivity index (χ1v) is 4.81. The second-order valence-corrected chi connectivity index (χ2v) is 3.05. The fraction of sp³-hybridized carbons (Fsp3) is 0.300. The van der Waals surface area contributed by atoms with Crippen LogP contribution < -0.4 is 11.1 Å². The van der Waals surface area contributed by atoms with Crippen LogP contribution in [-0.2, 0) is 13.0 Å². The van der Waals surface area contributed by atoms with Gasteiger partial charge in [-0.3, -0.25) is 0 Å². The van der Waals surface area contributed by atoms with Crippen LogP contribution in [0.4, 0.5) is 5.69 Å². The highest BCUT2D eigenvalue weighted by atomic mass is 32.1. The van der Waals surface area contributed by atoms with Gasteiger partial charge in [-0.1, -0.05) is 31.3 Å². The minimum absolute atomic E-state index is 0.566. The SMILES string of the molecule is CCc1ccc(CN)cc1NC=S. The zero-order valence-electron chi connectivity index (χ0n) is 7.71. The zero-order chi connectivity index (χ0) is 9.68. The van der Waals surface area contributed by atoms with E-state index in [0.717, 1.165) is 17.7 Å². The van der Waals surface area contributed by atoms with E-state index in [1.165, 1.54) is 11.1 Å². The molecule has 0 heterocycles. The molecule has 0 unspecified atom stereocenters. The molecule has 0 bridgehead atoms. The lowest BCUT2D eigenvalue weighted by Crippen LogP contribution is -2.01. The predicted molar refractivity (Wildman–Crippen MR) is 61.0 cm³/mol. The third kappa shape index (κ3) is 2.50. The predicted octanol–water partition coefficient (Wildman–Crippen LogP) is 2.08. The van der Waals surface area contributed by atoms with Crippen molar-refractivity contribution in [1.82, 2.24) is 0 Å². The standard InChI is InChI=1S/C10H14N2S/c1-2-9-4-3-8(6-11)5-10(9)12-7-13/h3-5,7H,2,6,11H2,1H3,(H,12,13). The summed E-state index contributed by atoms with van der Waals surface area (Å²) in [7, 11) is 0. The van der Waals surface area contributed by atoms with E-state index < -0.39 is 0 Å². The van der Waals surface area contributed by atoms with Crippen LogP contribution in [-0.4, -0.2) is 5.49 Å². The molecule has 0 aliphatic heterocycles. The molecule has 70 valence electrons. The van der Waals surface area contributed by atoms with E-state index in [1.807, 2.05) is 12.1 Å². The first kappa shape index (κ1) is 10.2. The summed E-state index contributed by atoms with van der Waals surface area (Å²) in [4.78, 5) is 0. The van der Waals surface area contributed by atoms with Crippen LogP contribution in [0.1, 0.15) is 18.1 Å². The molecule has 3 heteroatoms. The average molecular weight is 194 g/mol. The van der Waals surface area contributed by atoms with Crippen molar-refractivity contribution in [2.75, 3.05) is 5.32 Å². The van der Waals surface area contributed by atoms with Gasteiger partial charge in [-0.25, -0.2) is 0 Å². The number of hydrogen-bond acceptors (Lipinski definition) is 2. The fourth-order valence-electron chi connectivity index (χ4n) is 1.26. The molecule has 0 aliphatic carbocycles. The molecule has 2 nitrogen and oxygen atoms in total. The molecule has 1 aromatic rings. The number of hydrogen-bond donors (Lipinski definition) is 2. The van der Waals surface area contributed by atoms with Crippen molar-refractivity contribution in [2.45, 2.75) is 19.9 Å². The normalized spacial score (nSPS) is 9.69. The van der Waals surface area contributed by atoms with Gasteiger partial charge in [-0.05, 0) is 23.6 Å². The summed E-state index contributed by atoms with van der Waals surface area (Å²) in [5.74, 6) is 0. The number of nitrogens with one attached hydrogen (secondary N) is 1. The van der Waals surface area contributed by atoms with Crippen molar-refractivity contribution in [3.63, 3.8) is 0 Å². The topological polar surface area (TPSA) is 38.0 Å². The Morgan fingerprint density at radius 1 is 1.54 bits per heavy atom. The summed E-state index contributed by atoms with van der Waals surface area (Å²) in [5.41, 5.74) is 10.5. The Labute approximate surface area is 84.1 Å². The van der Waals surface area contributed by atoms with Gasteiger partial charge < -0.3 is 11.1 Å². The van der Waals surface area contributed by atoms with Crippen LogP contribution in [0.5, 0.6) is 0 Å². The highest BCUT2D eigenvalue weighted by molar-refractivity contribution is 7.79. The molecule has 0 fully saturated rings. The lowest BCUT2D eigenvalue weighted by Gasteiger charge is -2.08. The number of anilines is 1. The maximum atomic E-state index is 5.54. The summed E-state index contributed by atoms with van der Waals surface area (Å²) in [6.45, 7) is 2.68. The minimum Gasteiger partial charge on any atom is -0.352 e. The number of aryl methyl sites for hydroxylation is 1. The summed E-state index contributed by atoms with van der Waals surface area (Å²) >= 11 is 4.75. The molecular formula is C10H14N2S. The molecule has 0 atom stereocenters. The number of benzene rings is 1. The lowest BCUT2D eigenvalue weighted by molar-refractivity contribution is 1.06. The van der Waals surface area contributed by atoms with Gasteiger partial charge >= 0.3 is 0 Å². The van der Waals surface area contributed by atoms with Gasteiger partial charge in [0.1, 0.15) is 0 Å². The zero-order valence-corrected chi connectivity index (χ0v) is 8.53. The molecule has 0 amide bonds. The second-order valence-electron chi connectivity index (χ2n) is 2.81. The van der Waals surface area contributed by atoms with Crippen molar-refractivity contribution >= 4 is 23.4 Å². The second kappa shape index (κ2) is 4.94. The molecule has 0 spiro atoms. The van der Waals surface area contributed by atoms with Gasteiger partial charge in [0.05, 0.1) is 5.49 Å². The van der Waals surface area contributed by atoms with Crippen LogP contribution >= 0.6 is 12.2 Å². The molecule has 1 aromatic carbocycles. The van der Waals surface area contributed by atoms with Gasteiger partial charge in [0, 0.05) is 12.2 Å². The molecule has 1 rings (SSSR count). The van der Waals surface area contributed by atoms with Crippen LogP contribution in [0.15, 0.2) is 18.2 Å². The van der Waals surface area contributed by atoms with E-state index in [1.54, 1.807) is 0 Å². The van der Waals surface area contributed by atoms with Crippen LogP contribution in [0.2, 0.25) is 0 Å². The van der Waals surface area contributed by atoms with Crippen molar-refractivity contribution < 1.29 is 0 Å². The first-order chi connectivity index (χ1) is 6.31. The van der Waals surface area contributed by atoms with Gasteiger partial charge in [0.2, 0.25) is 0 Å². The molecule has 0 radical (unpaired) electrons.